The number of aryl methyl sites for hydroxylation is 2. The van der Waals surface area contributed by atoms with Crippen molar-refractivity contribution in [3.05, 3.63) is 29.1 Å². The molecule has 0 N–H and O–H groups in total. The Bertz CT molecular complexity index is 331. The van der Waals surface area contributed by atoms with Crippen LogP contribution in [-0.2, 0) is 12.6 Å². The van der Waals surface area contributed by atoms with Crippen molar-refractivity contribution in [2.24, 2.45) is 0 Å². The number of nitrogens with zero attached hydrogens (tertiary/aromatic N) is 1. The molecule has 0 radical (unpaired) electrons. The number of halogens is 3. The highest BCUT2D eigenvalue weighted by molar-refractivity contribution is 5.22. The number of rotatable bonds is 3. The number of alkyl halides is 3. The standard InChI is InChI=1S/C11H14F3N/c1-3-4-5-9-6-8(2)7-10(15-9)11(12,13)14/h6-7H,3-5H2,1-2H3. The van der Waals surface area contributed by atoms with Crippen LogP contribution in [0, 0.1) is 6.92 Å². The minimum absolute atomic E-state index is 0.532. The fraction of sp³-hybridized carbons (Fsp3) is 0.545. The van der Waals surface area contributed by atoms with Crippen molar-refractivity contribution in [1.82, 2.24) is 4.98 Å². The molecule has 0 fully saturated rings. The summed E-state index contributed by atoms with van der Waals surface area (Å²) in [5.74, 6) is 0. The van der Waals surface area contributed by atoms with E-state index in [0.717, 1.165) is 18.9 Å². The van der Waals surface area contributed by atoms with Crippen LogP contribution in [0.1, 0.15) is 36.7 Å². The predicted molar refractivity (Wildman–Crippen MR) is 52.6 cm³/mol. The van der Waals surface area contributed by atoms with E-state index in [1.807, 2.05) is 6.92 Å². The van der Waals surface area contributed by atoms with Gasteiger partial charge in [0, 0.05) is 5.69 Å². The molecule has 1 aromatic rings. The Labute approximate surface area is 87.3 Å². The minimum atomic E-state index is -4.34. The van der Waals surface area contributed by atoms with Gasteiger partial charge in [-0.3, -0.25) is 0 Å². The second-order valence-electron chi connectivity index (χ2n) is 3.62. The van der Waals surface area contributed by atoms with Gasteiger partial charge in [-0.25, -0.2) is 4.98 Å². The normalized spacial score (nSPS) is 11.8. The van der Waals surface area contributed by atoms with Crippen LogP contribution in [0.3, 0.4) is 0 Å². The molecular formula is C11H14F3N. The van der Waals surface area contributed by atoms with Crippen molar-refractivity contribution in [3.63, 3.8) is 0 Å². The van der Waals surface area contributed by atoms with E-state index in [1.165, 1.54) is 0 Å². The fourth-order valence-corrected chi connectivity index (χ4v) is 1.37. The van der Waals surface area contributed by atoms with Crippen LogP contribution in [0.25, 0.3) is 0 Å². The van der Waals surface area contributed by atoms with Gasteiger partial charge in [0.05, 0.1) is 0 Å². The zero-order chi connectivity index (χ0) is 11.5. The Hall–Kier alpha value is -1.06. The van der Waals surface area contributed by atoms with Crippen molar-refractivity contribution < 1.29 is 13.2 Å². The van der Waals surface area contributed by atoms with Gasteiger partial charge in [0.25, 0.3) is 0 Å². The summed E-state index contributed by atoms with van der Waals surface area (Å²) in [6, 6.07) is 2.79. The zero-order valence-corrected chi connectivity index (χ0v) is 8.86. The predicted octanol–water partition coefficient (Wildman–Crippen LogP) is 3.75. The summed E-state index contributed by atoms with van der Waals surface area (Å²) in [5, 5.41) is 0. The van der Waals surface area contributed by atoms with Crippen molar-refractivity contribution in [2.45, 2.75) is 39.3 Å². The molecule has 0 aliphatic heterocycles. The lowest BCUT2D eigenvalue weighted by Crippen LogP contribution is -2.10. The van der Waals surface area contributed by atoms with E-state index in [0.29, 0.717) is 17.7 Å². The van der Waals surface area contributed by atoms with Crippen LogP contribution in [0.5, 0.6) is 0 Å². The molecule has 0 aliphatic rings. The van der Waals surface area contributed by atoms with Gasteiger partial charge in [0.2, 0.25) is 0 Å². The molecule has 84 valence electrons. The van der Waals surface area contributed by atoms with Crippen molar-refractivity contribution >= 4 is 0 Å². The van der Waals surface area contributed by atoms with Crippen LogP contribution in [0.4, 0.5) is 13.2 Å². The number of pyridine rings is 1. The average Bonchev–Trinajstić information content (AvgIpc) is 2.12. The molecule has 1 nitrogen and oxygen atoms in total. The third-order valence-corrected chi connectivity index (χ3v) is 2.10. The van der Waals surface area contributed by atoms with E-state index < -0.39 is 11.9 Å². The summed E-state index contributed by atoms with van der Waals surface area (Å²) >= 11 is 0. The lowest BCUT2D eigenvalue weighted by atomic mass is 10.1. The first-order chi connectivity index (χ1) is 6.93. The van der Waals surface area contributed by atoms with Gasteiger partial charge in [0.1, 0.15) is 5.69 Å². The lowest BCUT2D eigenvalue weighted by molar-refractivity contribution is -0.141. The highest BCUT2D eigenvalue weighted by Gasteiger charge is 2.32. The van der Waals surface area contributed by atoms with E-state index in [2.05, 4.69) is 4.98 Å². The van der Waals surface area contributed by atoms with Crippen LogP contribution in [0.15, 0.2) is 12.1 Å². The summed E-state index contributed by atoms with van der Waals surface area (Å²) in [6.45, 7) is 3.66. The van der Waals surface area contributed by atoms with Gasteiger partial charge >= 0.3 is 6.18 Å². The molecule has 1 rings (SSSR count). The maximum atomic E-state index is 12.4. The summed E-state index contributed by atoms with van der Waals surface area (Å²) < 4.78 is 37.2. The first-order valence-electron chi connectivity index (χ1n) is 4.98. The van der Waals surface area contributed by atoms with Crippen molar-refractivity contribution in [2.75, 3.05) is 0 Å². The molecular weight excluding hydrogens is 203 g/mol. The van der Waals surface area contributed by atoms with Gasteiger partial charge in [0.15, 0.2) is 0 Å². The van der Waals surface area contributed by atoms with Crippen molar-refractivity contribution in [3.8, 4) is 0 Å². The fourth-order valence-electron chi connectivity index (χ4n) is 1.37. The molecule has 0 saturated carbocycles. The maximum absolute atomic E-state index is 12.4. The molecule has 1 aromatic heterocycles. The summed E-state index contributed by atoms with van der Waals surface area (Å²) in [6.07, 6.45) is -1.90. The second kappa shape index (κ2) is 4.64. The Balaban J connectivity index is 2.95. The Kier molecular flexibility index (Phi) is 3.72. The van der Waals surface area contributed by atoms with E-state index in [4.69, 9.17) is 0 Å². The molecule has 0 bridgehead atoms. The van der Waals surface area contributed by atoms with Gasteiger partial charge in [-0.05, 0) is 37.5 Å². The molecule has 1 heterocycles. The molecule has 0 saturated heterocycles. The summed E-state index contributed by atoms with van der Waals surface area (Å²) in [5.41, 5.74) is 0.362. The smallest absolute Gasteiger partial charge is 0.248 e. The van der Waals surface area contributed by atoms with Crippen LogP contribution >= 0.6 is 0 Å². The minimum Gasteiger partial charge on any atom is -0.248 e. The number of hydrogen-bond donors (Lipinski definition) is 0. The Morgan fingerprint density at radius 3 is 2.47 bits per heavy atom. The average molecular weight is 217 g/mol. The van der Waals surface area contributed by atoms with E-state index in [-0.39, 0.29) is 0 Å². The van der Waals surface area contributed by atoms with Gasteiger partial charge in [-0.1, -0.05) is 13.3 Å². The van der Waals surface area contributed by atoms with Crippen LogP contribution in [0.2, 0.25) is 0 Å². The number of unbranched alkanes of at least 4 members (excludes halogenated alkanes) is 1. The Morgan fingerprint density at radius 2 is 1.93 bits per heavy atom. The van der Waals surface area contributed by atoms with Gasteiger partial charge in [-0.15, -0.1) is 0 Å². The van der Waals surface area contributed by atoms with E-state index in [1.54, 1.807) is 13.0 Å². The number of aromatic nitrogens is 1. The summed E-state index contributed by atoms with van der Waals surface area (Å²) in [7, 11) is 0. The first kappa shape index (κ1) is 12.0. The first-order valence-corrected chi connectivity index (χ1v) is 4.98. The van der Waals surface area contributed by atoms with Crippen molar-refractivity contribution in [1.29, 1.82) is 0 Å². The molecule has 0 unspecified atom stereocenters. The van der Waals surface area contributed by atoms with E-state index in [9.17, 15) is 13.2 Å². The quantitative estimate of drug-likeness (QED) is 0.751. The highest BCUT2D eigenvalue weighted by atomic mass is 19.4. The SMILES string of the molecule is CCCCc1cc(C)cc(C(F)(F)F)n1. The maximum Gasteiger partial charge on any atom is 0.433 e. The monoisotopic (exact) mass is 217 g/mol. The van der Waals surface area contributed by atoms with Crippen LogP contribution < -0.4 is 0 Å². The number of hydrogen-bond acceptors (Lipinski definition) is 1. The summed E-state index contributed by atoms with van der Waals surface area (Å²) in [4.78, 5) is 3.62. The Morgan fingerprint density at radius 1 is 1.27 bits per heavy atom. The third kappa shape index (κ3) is 3.53. The lowest BCUT2D eigenvalue weighted by Gasteiger charge is -2.09. The molecule has 0 aliphatic carbocycles. The highest BCUT2D eigenvalue weighted by Crippen LogP contribution is 2.28. The third-order valence-electron chi connectivity index (χ3n) is 2.10. The molecule has 0 aromatic carbocycles. The molecule has 0 atom stereocenters. The molecule has 15 heavy (non-hydrogen) atoms. The molecule has 4 heteroatoms. The zero-order valence-electron chi connectivity index (χ0n) is 8.86. The molecule has 0 spiro atoms. The second-order valence-corrected chi connectivity index (χ2v) is 3.62. The topological polar surface area (TPSA) is 12.9 Å². The van der Waals surface area contributed by atoms with Gasteiger partial charge < -0.3 is 0 Å². The van der Waals surface area contributed by atoms with E-state index >= 15 is 0 Å². The largest absolute Gasteiger partial charge is 0.433 e. The molecule has 0 amide bonds. The van der Waals surface area contributed by atoms with Gasteiger partial charge in [-0.2, -0.15) is 13.2 Å². The van der Waals surface area contributed by atoms with Crippen LogP contribution in [-0.4, -0.2) is 4.98 Å².